The molecule has 0 heterocycles. The molecule has 0 spiro atoms. The Kier molecular flexibility index (Phi) is 5.44. The Labute approximate surface area is 129 Å². The molecule has 1 heteroatoms. The molecule has 0 amide bonds. The van der Waals surface area contributed by atoms with Gasteiger partial charge in [0.2, 0.25) is 0 Å². The molecule has 1 N–H and O–H groups in total. The molecule has 1 nitrogen and oxygen atoms in total. The zero-order chi connectivity index (χ0) is 15.2. The molecule has 21 heavy (non-hydrogen) atoms. The summed E-state index contributed by atoms with van der Waals surface area (Å²) in [6.45, 7) is 9.68. The van der Waals surface area contributed by atoms with Crippen LogP contribution in [0, 0.1) is 20.8 Å². The van der Waals surface area contributed by atoms with Crippen molar-refractivity contribution in [3.05, 3.63) is 64.2 Å². The molecular formula is C20H27N. The van der Waals surface area contributed by atoms with Crippen molar-refractivity contribution in [2.75, 3.05) is 5.32 Å². The molecule has 0 aliphatic rings. The Morgan fingerprint density at radius 1 is 0.857 bits per heavy atom. The van der Waals surface area contributed by atoms with Gasteiger partial charge in [-0.2, -0.15) is 0 Å². The second kappa shape index (κ2) is 7.31. The summed E-state index contributed by atoms with van der Waals surface area (Å²) in [6, 6.07) is 13.5. The second-order valence-corrected chi connectivity index (χ2v) is 6.02. The molecule has 0 unspecified atom stereocenters. The Hall–Kier alpha value is -1.76. The predicted molar refractivity (Wildman–Crippen MR) is 93.0 cm³/mol. The fourth-order valence-electron chi connectivity index (χ4n) is 2.58. The maximum atomic E-state index is 3.53. The monoisotopic (exact) mass is 281 g/mol. The number of nitrogens with one attached hydrogen (secondary N) is 1. The predicted octanol–water partition coefficient (Wildman–Crippen LogP) is 5.57. The van der Waals surface area contributed by atoms with Crippen LogP contribution >= 0.6 is 0 Å². The Balaban J connectivity index is 1.98. The van der Waals surface area contributed by atoms with Crippen LogP contribution in [0.25, 0.3) is 0 Å². The molecule has 2 aromatic carbocycles. The molecule has 0 aliphatic heterocycles. The van der Waals surface area contributed by atoms with Crippen molar-refractivity contribution in [2.45, 2.75) is 53.5 Å². The minimum absolute atomic E-state index is 0.890. The normalized spacial score (nSPS) is 10.7. The van der Waals surface area contributed by atoms with E-state index in [-0.39, 0.29) is 0 Å². The van der Waals surface area contributed by atoms with E-state index in [0.29, 0.717) is 0 Å². The molecular weight excluding hydrogens is 254 g/mol. The zero-order valence-electron chi connectivity index (χ0n) is 13.8. The fourth-order valence-corrected chi connectivity index (χ4v) is 2.58. The highest BCUT2D eigenvalue weighted by molar-refractivity contribution is 5.46. The number of rotatable bonds is 6. The summed E-state index contributed by atoms with van der Waals surface area (Å²) in [5, 5.41) is 3.53. The highest BCUT2D eigenvalue weighted by Gasteiger charge is 2.02. The summed E-state index contributed by atoms with van der Waals surface area (Å²) in [7, 11) is 0. The van der Waals surface area contributed by atoms with Crippen molar-refractivity contribution in [1.29, 1.82) is 0 Å². The summed E-state index contributed by atoms with van der Waals surface area (Å²) < 4.78 is 0. The van der Waals surface area contributed by atoms with Crippen molar-refractivity contribution >= 4 is 5.69 Å². The lowest BCUT2D eigenvalue weighted by Crippen LogP contribution is -2.02. The van der Waals surface area contributed by atoms with Gasteiger partial charge in [0.15, 0.2) is 0 Å². The molecule has 0 bridgehead atoms. The van der Waals surface area contributed by atoms with Gasteiger partial charge in [0.1, 0.15) is 0 Å². The summed E-state index contributed by atoms with van der Waals surface area (Å²) in [4.78, 5) is 0. The van der Waals surface area contributed by atoms with Gasteiger partial charge in [-0.05, 0) is 73.6 Å². The van der Waals surface area contributed by atoms with Crippen molar-refractivity contribution in [2.24, 2.45) is 0 Å². The number of hydrogen-bond acceptors (Lipinski definition) is 1. The van der Waals surface area contributed by atoms with E-state index in [2.05, 4.69) is 69.4 Å². The number of hydrogen-bond donors (Lipinski definition) is 1. The van der Waals surface area contributed by atoms with Crippen LogP contribution in [0.1, 0.15) is 47.6 Å². The van der Waals surface area contributed by atoms with Gasteiger partial charge in [0.05, 0.1) is 0 Å². The third kappa shape index (κ3) is 4.35. The standard InChI is InChI=1S/C20H27N/c1-5-6-7-18-8-10-20(11-9-18)21-14-19-13-16(3)15(2)12-17(19)4/h8-13,21H,5-7,14H2,1-4H3. The first kappa shape index (κ1) is 15.6. The minimum atomic E-state index is 0.890. The third-order valence-corrected chi connectivity index (χ3v) is 4.21. The van der Waals surface area contributed by atoms with Crippen molar-refractivity contribution in [3.8, 4) is 0 Å². The number of anilines is 1. The topological polar surface area (TPSA) is 12.0 Å². The molecule has 112 valence electrons. The van der Waals surface area contributed by atoms with E-state index < -0.39 is 0 Å². The van der Waals surface area contributed by atoms with Crippen LogP contribution in [0.3, 0.4) is 0 Å². The average Bonchev–Trinajstić information content (AvgIpc) is 2.48. The number of aryl methyl sites for hydroxylation is 4. The van der Waals surface area contributed by atoms with E-state index >= 15 is 0 Å². The number of unbranched alkanes of at least 4 members (excludes halogenated alkanes) is 1. The van der Waals surface area contributed by atoms with Gasteiger partial charge in [0, 0.05) is 12.2 Å². The van der Waals surface area contributed by atoms with Crippen LogP contribution in [-0.2, 0) is 13.0 Å². The van der Waals surface area contributed by atoms with Gasteiger partial charge in [-0.25, -0.2) is 0 Å². The molecule has 0 atom stereocenters. The lowest BCUT2D eigenvalue weighted by Gasteiger charge is -2.12. The molecule has 0 radical (unpaired) electrons. The van der Waals surface area contributed by atoms with E-state index in [1.54, 1.807) is 0 Å². The van der Waals surface area contributed by atoms with Gasteiger partial charge >= 0.3 is 0 Å². The van der Waals surface area contributed by atoms with Gasteiger partial charge in [-0.15, -0.1) is 0 Å². The highest BCUT2D eigenvalue weighted by atomic mass is 14.9. The molecule has 0 aromatic heterocycles. The third-order valence-electron chi connectivity index (χ3n) is 4.21. The molecule has 0 saturated carbocycles. The van der Waals surface area contributed by atoms with E-state index in [1.165, 1.54) is 52.8 Å². The first-order valence-corrected chi connectivity index (χ1v) is 7.99. The lowest BCUT2D eigenvalue weighted by atomic mass is 10.0. The summed E-state index contributed by atoms with van der Waals surface area (Å²) in [6.07, 6.45) is 3.72. The Morgan fingerprint density at radius 2 is 1.52 bits per heavy atom. The van der Waals surface area contributed by atoms with Crippen LogP contribution in [0.5, 0.6) is 0 Å². The largest absolute Gasteiger partial charge is 0.381 e. The van der Waals surface area contributed by atoms with Crippen LogP contribution in [0.2, 0.25) is 0 Å². The first-order chi connectivity index (χ1) is 10.1. The summed E-state index contributed by atoms with van der Waals surface area (Å²) in [5.74, 6) is 0. The average molecular weight is 281 g/mol. The molecule has 2 rings (SSSR count). The van der Waals surface area contributed by atoms with Gasteiger partial charge in [-0.3, -0.25) is 0 Å². The SMILES string of the molecule is CCCCc1ccc(NCc2cc(C)c(C)cc2C)cc1. The van der Waals surface area contributed by atoms with Gasteiger partial charge in [-0.1, -0.05) is 37.6 Å². The maximum absolute atomic E-state index is 3.53. The molecule has 2 aromatic rings. The molecule has 0 aliphatic carbocycles. The van der Waals surface area contributed by atoms with Crippen LogP contribution in [0.4, 0.5) is 5.69 Å². The Bertz CT molecular complexity index is 582. The van der Waals surface area contributed by atoms with Crippen molar-refractivity contribution < 1.29 is 0 Å². The van der Waals surface area contributed by atoms with E-state index in [0.717, 1.165) is 6.54 Å². The summed E-state index contributed by atoms with van der Waals surface area (Å²) in [5.41, 5.74) is 8.12. The molecule has 0 fully saturated rings. The molecule has 0 saturated heterocycles. The zero-order valence-corrected chi connectivity index (χ0v) is 13.8. The van der Waals surface area contributed by atoms with E-state index in [9.17, 15) is 0 Å². The van der Waals surface area contributed by atoms with Gasteiger partial charge < -0.3 is 5.32 Å². The van der Waals surface area contributed by atoms with Crippen LogP contribution < -0.4 is 5.32 Å². The first-order valence-electron chi connectivity index (χ1n) is 7.99. The highest BCUT2D eigenvalue weighted by Crippen LogP contribution is 2.18. The summed E-state index contributed by atoms with van der Waals surface area (Å²) >= 11 is 0. The van der Waals surface area contributed by atoms with E-state index in [1.807, 2.05) is 0 Å². The fraction of sp³-hybridized carbons (Fsp3) is 0.400. The maximum Gasteiger partial charge on any atom is 0.0403 e. The van der Waals surface area contributed by atoms with Crippen molar-refractivity contribution in [1.82, 2.24) is 0 Å². The number of benzene rings is 2. The smallest absolute Gasteiger partial charge is 0.0403 e. The van der Waals surface area contributed by atoms with Crippen molar-refractivity contribution in [3.63, 3.8) is 0 Å². The second-order valence-electron chi connectivity index (χ2n) is 6.02. The van der Waals surface area contributed by atoms with Crippen LogP contribution in [-0.4, -0.2) is 0 Å². The minimum Gasteiger partial charge on any atom is -0.381 e. The van der Waals surface area contributed by atoms with Crippen LogP contribution in [0.15, 0.2) is 36.4 Å². The van der Waals surface area contributed by atoms with E-state index in [4.69, 9.17) is 0 Å². The lowest BCUT2D eigenvalue weighted by molar-refractivity contribution is 0.795. The quantitative estimate of drug-likeness (QED) is 0.730. The van der Waals surface area contributed by atoms with Gasteiger partial charge in [0.25, 0.3) is 0 Å². The Morgan fingerprint density at radius 3 is 2.19 bits per heavy atom.